The van der Waals surface area contributed by atoms with E-state index in [0.717, 1.165) is 42.6 Å². The lowest BCUT2D eigenvalue weighted by atomic mass is 9.99. The van der Waals surface area contributed by atoms with E-state index < -0.39 is 0 Å². The van der Waals surface area contributed by atoms with Gasteiger partial charge in [-0.2, -0.15) is 0 Å². The minimum Gasteiger partial charge on any atom is -0.346 e. The predicted octanol–water partition coefficient (Wildman–Crippen LogP) is 3.54. The summed E-state index contributed by atoms with van der Waals surface area (Å²) in [5.41, 5.74) is 4.41. The van der Waals surface area contributed by atoms with Gasteiger partial charge in [0.25, 0.3) is 5.91 Å². The maximum Gasteiger partial charge on any atom is 0.264 e. The van der Waals surface area contributed by atoms with Gasteiger partial charge in [0.2, 0.25) is 5.43 Å². The van der Waals surface area contributed by atoms with Crippen LogP contribution >= 0.6 is 0 Å². The van der Waals surface area contributed by atoms with Crippen molar-refractivity contribution in [3.63, 3.8) is 0 Å². The van der Waals surface area contributed by atoms with Crippen molar-refractivity contribution in [1.82, 2.24) is 4.57 Å². The Morgan fingerprint density at radius 3 is 2.77 bits per heavy atom. The first kappa shape index (κ1) is 15.4. The van der Waals surface area contributed by atoms with Crippen LogP contribution < -0.4 is 10.3 Å². The van der Waals surface area contributed by atoms with Gasteiger partial charge >= 0.3 is 0 Å². The number of rotatable bonds is 1. The van der Waals surface area contributed by atoms with Crippen molar-refractivity contribution in [2.24, 2.45) is 0 Å². The molecule has 4 heteroatoms. The molecule has 1 aromatic heterocycles. The molecule has 0 radical (unpaired) electrons. The molecule has 0 fully saturated rings. The zero-order chi connectivity index (χ0) is 17.8. The molecule has 0 unspecified atom stereocenters. The van der Waals surface area contributed by atoms with E-state index in [1.165, 1.54) is 5.56 Å². The summed E-state index contributed by atoms with van der Waals surface area (Å²) in [5, 5.41) is 0.660. The minimum atomic E-state index is -0.186. The topological polar surface area (TPSA) is 42.3 Å². The maximum atomic E-state index is 13.4. The molecule has 0 saturated heterocycles. The van der Waals surface area contributed by atoms with Gasteiger partial charge in [-0.05, 0) is 49.4 Å². The van der Waals surface area contributed by atoms with E-state index in [-0.39, 0.29) is 22.9 Å². The summed E-state index contributed by atoms with van der Waals surface area (Å²) in [6.45, 7) is 2.89. The maximum absolute atomic E-state index is 13.4. The van der Waals surface area contributed by atoms with E-state index in [0.29, 0.717) is 5.39 Å². The molecule has 130 valence electrons. The monoisotopic (exact) mass is 344 g/mol. The number of pyridine rings is 1. The Morgan fingerprint density at radius 1 is 1.08 bits per heavy atom. The molecule has 0 aliphatic carbocycles. The molecule has 2 aliphatic rings. The Hall–Kier alpha value is -2.88. The number of hydrogen-bond donors (Lipinski definition) is 0. The zero-order valence-corrected chi connectivity index (χ0v) is 14.7. The Kier molecular flexibility index (Phi) is 3.29. The molecular formula is C22H20N2O2. The number of anilines is 1. The van der Waals surface area contributed by atoms with Crippen LogP contribution in [0.5, 0.6) is 0 Å². The highest BCUT2D eigenvalue weighted by atomic mass is 16.2. The van der Waals surface area contributed by atoms with E-state index >= 15 is 0 Å². The van der Waals surface area contributed by atoms with Gasteiger partial charge in [0.1, 0.15) is 5.56 Å². The standard InChI is InChI=1S/C22H20N2O2/c1-14-12-16-6-2-3-10-19(16)24(14)22(26)18-13-23-11-5-8-15-7-4-9-17(20(15)23)21(18)25/h2-4,6-7,9-10,13-14H,5,8,11-12H2,1H3/t14-/m1/s1. The quantitative estimate of drug-likeness (QED) is 0.678. The highest BCUT2D eigenvalue weighted by molar-refractivity contribution is 6.09. The molecule has 3 aromatic rings. The third-order valence-electron chi connectivity index (χ3n) is 5.68. The van der Waals surface area contributed by atoms with Crippen molar-refractivity contribution in [3.05, 3.63) is 75.6 Å². The second-order valence-corrected chi connectivity index (χ2v) is 7.34. The van der Waals surface area contributed by atoms with E-state index in [2.05, 4.69) is 16.7 Å². The van der Waals surface area contributed by atoms with Gasteiger partial charge < -0.3 is 9.47 Å². The average Bonchev–Trinajstić information content (AvgIpc) is 3.00. The van der Waals surface area contributed by atoms with Crippen molar-refractivity contribution < 1.29 is 4.79 Å². The number of hydrogen-bond acceptors (Lipinski definition) is 2. The number of amides is 1. The van der Waals surface area contributed by atoms with Gasteiger partial charge in [-0.25, -0.2) is 0 Å². The highest BCUT2D eigenvalue weighted by Crippen LogP contribution is 2.33. The number of fused-ring (bicyclic) bond motifs is 1. The van der Waals surface area contributed by atoms with Crippen LogP contribution in [0.1, 0.15) is 34.8 Å². The summed E-state index contributed by atoms with van der Waals surface area (Å²) < 4.78 is 2.09. The van der Waals surface area contributed by atoms with E-state index in [1.807, 2.05) is 37.3 Å². The zero-order valence-electron chi connectivity index (χ0n) is 14.7. The van der Waals surface area contributed by atoms with Crippen LogP contribution in [0.2, 0.25) is 0 Å². The number of benzene rings is 2. The lowest BCUT2D eigenvalue weighted by molar-refractivity contribution is 0.0980. The smallest absolute Gasteiger partial charge is 0.264 e. The molecule has 1 amide bonds. The molecular weight excluding hydrogens is 324 g/mol. The average molecular weight is 344 g/mol. The molecule has 0 saturated carbocycles. The summed E-state index contributed by atoms with van der Waals surface area (Å²) in [6, 6.07) is 13.9. The van der Waals surface area contributed by atoms with E-state index in [9.17, 15) is 9.59 Å². The lowest BCUT2D eigenvalue weighted by Crippen LogP contribution is -2.39. The SMILES string of the molecule is C[C@@H]1Cc2ccccc2N1C(=O)c1cn2c3c(cccc3c1=O)CCC2. The van der Waals surface area contributed by atoms with Crippen molar-refractivity contribution >= 4 is 22.5 Å². The molecule has 0 spiro atoms. The Labute approximate surface area is 151 Å². The molecule has 2 aliphatic heterocycles. The summed E-state index contributed by atoms with van der Waals surface area (Å²) in [4.78, 5) is 28.3. The number of aryl methyl sites for hydroxylation is 2. The van der Waals surface area contributed by atoms with Crippen molar-refractivity contribution in [2.75, 3.05) is 4.90 Å². The van der Waals surface area contributed by atoms with Crippen LogP contribution in [0.3, 0.4) is 0 Å². The summed E-state index contributed by atoms with van der Waals surface area (Å²) >= 11 is 0. The second-order valence-electron chi connectivity index (χ2n) is 7.34. The first-order valence-corrected chi connectivity index (χ1v) is 9.21. The fourth-order valence-electron chi connectivity index (χ4n) is 4.51. The molecule has 2 aromatic carbocycles. The highest BCUT2D eigenvalue weighted by Gasteiger charge is 2.33. The molecule has 3 heterocycles. The number of aromatic nitrogens is 1. The molecule has 0 bridgehead atoms. The Balaban J connectivity index is 1.70. The molecule has 0 N–H and O–H groups in total. The number of carbonyl (C=O) groups excluding carboxylic acids is 1. The first-order chi connectivity index (χ1) is 12.6. The molecule has 26 heavy (non-hydrogen) atoms. The van der Waals surface area contributed by atoms with Crippen LogP contribution in [0, 0.1) is 0 Å². The van der Waals surface area contributed by atoms with E-state index in [1.54, 1.807) is 11.1 Å². The Morgan fingerprint density at radius 2 is 1.88 bits per heavy atom. The third kappa shape index (κ3) is 2.08. The van der Waals surface area contributed by atoms with Gasteiger partial charge in [0.05, 0.1) is 5.52 Å². The normalized spacial score (nSPS) is 18.2. The van der Waals surface area contributed by atoms with Gasteiger partial charge in [-0.15, -0.1) is 0 Å². The van der Waals surface area contributed by atoms with Crippen molar-refractivity contribution in [3.8, 4) is 0 Å². The second kappa shape index (κ2) is 5.56. The minimum absolute atomic E-state index is 0.0580. The number of para-hydroxylation sites is 2. The largest absolute Gasteiger partial charge is 0.346 e. The van der Waals surface area contributed by atoms with Gasteiger partial charge in [0.15, 0.2) is 0 Å². The van der Waals surface area contributed by atoms with Crippen molar-refractivity contribution in [1.29, 1.82) is 0 Å². The van der Waals surface area contributed by atoms with Crippen LogP contribution in [-0.4, -0.2) is 16.5 Å². The fraction of sp³-hybridized carbons (Fsp3) is 0.273. The Bertz CT molecular complexity index is 1110. The van der Waals surface area contributed by atoms with Gasteiger partial charge in [-0.3, -0.25) is 9.59 Å². The summed E-state index contributed by atoms with van der Waals surface area (Å²) in [6.07, 6.45) is 4.63. The lowest BCUT2D eigenvalue weighted by Gasteiger charge is -2.25. The van der Waals surface area contributed by atoms with Gasteiger partial charge in [-0.1, -0.05) is 30.3 Å². The van der Waals surface area contributed by atoms with Crippen molar-refractivity contribution in [2.45, 2.75) is 38.8 Å². The third-order valence-corrected chi connectivity index (χ3v) is 5.68. The summed E-state index contributed by atoms with van der Waals surface area (Å²) in [7, 11) is 0. The van der Waals surface area contributed by atoms with Crippen LogP contribution in [-0.2, 0) is 19.4 Å². The molecule has 5 rings (SSSR count). The first-order valence-electron chi connectivity index (χ1n) is 9.21. The van der Waals surface area contributed by atoms with Crippen LogP contribution in [0.4, 0.5) is 5.69 Å². The summed E-state index contributed by atoms with van der Waals surface area (Å²) in [5.74, 6) is -0.186. The van der Waals surface area contributed by atoms with Crippen LogP contribution in [0.15, 0.2) is 53.5 Å². The van der Waals surface area contributed by atoms with Gasteiger partial charge in [0, 0.05) is 29.9 Å². The molecule has 1 atom stereocenters. The van der Waals surface area contributed by atoms with Crippen LogP contribution in [0.25, 0.3) is 10.9 Å². The molecule has 4 nitrogen and oxygen atoms in total. The van der Waals surface area contributed by atoms with E-state index in [4.69, 9.17) is 0 Å². The number of carbonyl (C=O) groups is 1. The fourth-order valence-corrected chi connectivity index (χ4v) is 4.51. The number of nitrogens with zero attached hydrogens (tertiary/aromatic N) is 2. The predicted molar refractivity (Wildman–Crippen MR) is 103 cm³/mol.